The lowest BCUT2D eigenvalue weighted by Gasteiger charge is -2.41. The van der Waals surface area contributed by atoms with Gasteiger partial charge in [-0.3, -0.25) is 4.90 Å². The van der Waals surface area contributed by atoms with Gasteiger partial charge in [0.15, 0.2) is 0 Å². The van der Waals surface area contributed by atoms with E-state index in [9.17, 15) is 17.6 Å². The van der Waals surface area contributed by atoms with Crippen molar-refractivity contribution in [1.82, 2.24) is 25.0 Å². The van der Waals surface area contributed by atoms with E-state index in [1.54, 1.807) is 11.0 Å². The number of nitrogens with zero attached hydrogens (tertiary/aromatic N) is 4. The number of rotatable bonds is 5. The molecule has 3 heterocycles. The smallest absolute Gasteiger partial charge is 0.338 e. The van der Waals surface area contributed by atoms with Gasteiger partial charge in [-0.1, -0.05) is 17.7 Å². The Morgan fingerprint density at radius 2 is 2.06 bits per heavy atom. The molecule has 12 heteroatoms. The summed E-state index contributed by atoms with van der Waals surface area (Å²) in [6, 6.07) is 5.81. The van der Waals surface area contributed by atoms with Crippen LogP contribution in [0.2, 0.25) is 5.02 Å². The van der Waals surface area contributed by atoms with Crippen molar-refractivity contribution in [3.05, 3.63) is 41.1 Å². The number of amides is 2. The minimum Gasteiger partial charge on any atom is -0.367 e. The average molecular weight is 501 g/mol. The molecule has 9 nitrogen and oxygen atoms in total. The number of benzene rings is 1. The van der Waals surface area contributed by atoms with Crippen LogP contribution in [0.4, 0.5) is 14.9 Å². The minimum absolute atomic E-state index is 0.125. The maximum atomic E-state index is 13.7. The van der Waals surface area contributed by atoms with E-state index >= 15 is 0 Å². The fourth-order valence-electron chi connectivity index (χ4n) is 4.45. The van der Waals surface area contributed by atoms with Crippen molar-refractivity contribution in [2.45, 2.75) is 38.3 Å². The standard InChI is InChI=1S/C21H30ClFN6O3S/c1-15-12-28(21(30)29-8-6-20(24-29)25-33(2,31)32)10-9-26(15)13-16-3-4-18(22)19(11-16)27-7-5-17(23)14-27/h3-4,6,8,11,15,17,20,24-25H,5,7,9-10,12-14H2,1-2H3/t15-,17-,20?/m0/s1. The zero-order valence-electron chi connectivity index (χ0n) is 18.7. The molecule has 1 aromatic rings. The number of alkyl halides is 1. The Kier molecular flexibility index (Phi) is 7.15. The number of urea groups is 1. The lowest BCUT2D eigenvalue weighted by atomic mass is 10.1. The minimum atomic E-state index is -3.39. The summed E-state index contributed by atoms with van der Waals surface area (Å²) in [7, 11) is -3.39. The molecule has 3 aliphatic rings. The summed E-state index contributed by atoms with van der Waals surface area (Å²) in [4.78, 5) is 18.9. The summed E-state index contributed by atoms with van der Waals surface area (Å²) in [6.45, 7) is 5.62. The normalized spacial score (nSPS) is 26.4. The van der Waals surface area contributed by atoms with Gasteiger partial charge in [-0.15, -0.1) is 0 Å². The van der Waals surface area contributed by atoms with Crippen LogP contribution in [-0.4, -0.2) is 86.6 Å². The highest BCUT2D eigenvalue weighted by atomic mass is 35.5. The molecule has 2 saturated heterocycles. The second-order valence-electron chi connectivity index (χ2n) is 8.87. The van der Waals surface area contributed by atoms with Gasteiger partial charge in [-0.2, -0.15) is 4.72 Å². The molecule has 0 spiro atoms. The van der Waals surface area contributed by atoms with Gasteiger partial charge in [-0.05, 0) is 37.1 Å². The Morgan fingerprint density at radius 1 is 1.27 bits per heavy atom. The molecule has 33 heavy (non-hydrogen) atoms. The third-order valence-electron chi connectivity index (χ3n) is 6.16. The number of carbonyl (C=O) groups is 1. The molecule has 1 unspecified atom stereocenters. The van der Waals surface area contributed by atoms with Crippen LogP contribution >= 0.6 is 11.6 Å². The summed E-state index contributed by atoms with van der Waals surface area (Å²) in [5, 5.41) is 1.94. The maximum Gasteiger partial charge on any atom is 0.338 e. The van der Waals surface area contributed by atoms with E-state index in [2.05, 4.69) is 22.0 Å². The average Bonchev–Trinajstić information content (AvgIpc) is 3.38. The van der Waals surface area contributed by atoms with Gasteiger partial charge in [-0.25, -0.2) is 28.0 Å². The van der Waals surface area contributed by atoms with E-state index in [-0.39, 0.29) is 12.1 Å². The number of sulfonamides is 1. The third-order valence-corrected chi connectivity index (χ3v) is 7.16. The molecule has 0 bridgehead atoms. The van der Waals surface area contributed by atoms with Crippen LogP contribution in [0.3, 0.4) is 0 Å². The fraction of sp³-hybridized carbons (Fsp3) is 0.571. The number of piperazine rings is 1. The van der Waals surface area contributed by atoms with Crippen LogP contribution in [0.1, 0.15) is 18.9 Å². The predicted octanol–water partition coefficient (Wildman–Crippen LogP) is 1.72. The molecule has 2 N–H and O–H groups in total. The molecule has 1 aromatic carbocycles. The van der Waals surface area contributed by atoms with E-state index in [4.69, 9.17) is 11.6 Å². The predicted molar refractivity (Wildman–Crippen MR) is 126 cm³/mol. The number of anilines is 1. The Hall–Kier alpha value is -1.92. The molecule has 0 radical (unpaired) electrons. The molecular weight excluding hydrogens is 471 g/mol. The fourth-order valence-corrected chi connectivity index (χ4v) is 5.28. The van der Waals surface area contributed by atoms with Gasteiger partial charge in [0.1, 0.15) is 12.3 Å². The molecule has 4 rings (SSSR count). The Morgan fingerprint density at radius 3 is 2.73 bits per heavy atom. The number of halogens is 2. The summed E-state index contributed by atoms with van der Waals surface area (Å²) in [5.74, 6) is 0. The highest BCUT2D eigenvalue weighted by molar-refractivity contribution is 7.88. The first-order valence-electron chi connectivity index (χ1n) is 11.0. The van der Waals surface area contributed by atoms with Crippen molar-refractivity contribution < 1.29 is 17.6 Å². The first kappa shape index (κ1) is 24.2. The van der Waals surface area contributed by atoms with Crippen LogP contribution in [0.25, 0.3) is 0 Å². The Bertz CT molecular complexity index is 1030. The van der Waals surface area contributed by atoms with Crippen LogP contribution < -0.4 is 15.0 Å². The molecule has 2 amide bonds. The SMILES string of the molecule is C[C@H]1CN(C(=O)N2C=CC(NS(C)(=O)=O)N2)CCN1Cc1ccc(Cl)c(N2CC[C@H](F)C2)c1. The molecule has 3 aliphatic heterocycles. The highest BCUT2D eigenvalue weighted by Crippen LogP contribution is 2.31. The molecule has 182 valence electrons. The summed E-state index contributed by atoms with van der Waals surface area (Å²) in [6.07, 6.45) is 3.26. The monoisotopic (exact) mass is 500 g/mol. The van der Waals surface area contributed by atoms with Gasteiger partial charge in [0.25, 0.3) is 0 Å². The van der Waals surface area contributed by atoms with Gasteiger partial charge in [0, 0.05) is 51.5 Å². The number of hydrazine groups is 1. The lowest BCUT2D eigenvalue weighted by Crippen LogP contribution is -2.58. The van der Waals surface area contributed by atoms with Gasteiger partial charge < -0.3 is 9.80 Å². The Labute approximate surface area is 199 Å². The van der Waals surface area contributed by atoms with Crippen LogP contribution in [0.15, 0.2) is 30.5 Å². The first-order chi connectivity index (χ1) is 15.6. The molecule has 0 aromatic heterocycles. The molecule has 0 aliphatic carbocycles. The van der Waals surface area contributed by atoms with E-state index in [1.165, 1.54) is 11.2 Å². The molecule has 0 saturated carbocycles. The Balaban J connectivity index is 1.33. The summed E-state index contributed by atoms with van der Waals surface area (Å²) in [5.41, 5.74) is 4.81. The van der Waals surface area contributed by atoms with Crippen molar-refractivity contribution in [2.24, 2.45) is 0 Å². The zero-order chi connectivity index (χ0) is 23.8. The van der Waals surface area contributed by atoms with Crippen LogP contribution in [0.5, 0.6) is 0 Å². The molecule has 2 fully saturated rings. The van der Waals surface area contributed by atoms with Crippen molar-refractivity contribution >= 4 is 33.3 Å². The largest absolute Gasteiger partial charge is 0.367 e. The highest BCUT2D eigenvalue weighted by Gasteiger charge is 2.32. The topological polar surface area (TPSA) is 88.2 Å². The second-order valence-corrected chi connectivity index (χ2v) is 11.1. The van der Waals surface area contributed by atoms with E-state index < -0.39 is 22.4 Å². The molecular formula is C21H30ClFN6O3S. The summed E-state index contributed by atoms with van der Waals surface area (Å²) < 4.78 is 38.8. The van der Waals surface area contributed by atoms with Crippen LogP contribution in [0, 0.1) is 0 Å². The van der Waals surface area contributed by atoms with Crippen molar-refractivity contribution in [3.63, 3.8) is 0 Å². The number of carbonyl (C=O) groups excluding carboxylic acids is 1. The lowest BCUT2D eigenvalue weighted by molar-refractivity contribution is 0.0771. The zero-order valence-corrected chi connectivity index (χ0v) is 20.3. The number of hydrogen-bond donors (Lipinski definition) is 2. The van der Waals surface area contributed by atoms with Crippen molar-refractivity contribution in [2.75, 3.05) is 43.9 Å². The van der Waals surface area contributed by atoms with Crippen molar-refractivity contribution in [1.29, 1.82) is 0 Å². The van der Waals surface area contributed by atoms with Crippen LogP contribution in [-0.2, 0) is 16.6 Å². The van der Waals surface area contributed by atoms with E-state index in [1.807, 2.05) is 23.1 Å². The quantitative estimate of drug-likeness (QED) is 0.640. The van der Waals surface area contributed by atoms with E-state index in [0.29, 0.717) is 50.7 Å². The maximum absolute atomic E-state index is 13.7. The second kappa shape index (κ2) is 9.75. The van der Waals surface area contributed by atoms with E-state index in [0.717, 1.165) is 17.5 Å². The number of hydrogen-bond acceptors (Lipinski definition) is 6. The van der Waals surface area contributed by atoms with Gasteiger partial charge >= 0.3 is 6.03 Å². The van der Waals surface area contributed by atoms with Gasteiger partial charge in [0.2, 0.25) is 10.0 Å². The first-order valence-corrected chi connectivity index (χ1v) is 13.3. The molecule has 3 atom stereocenters. The number of nitrogens with one attached hydrogen (secondary N) is 2. The third kappa shape index (κ3) is 5.96. The summed E-state index contributed by atoms with van der Waals surface area (Å²) >= 11 is 6.38. The van der Waals surface area contributed by atoms with Gasteiger partial charge in [0.05, 0.1) is 17.0 Å². The van der Waals surface area contributed by atoms with Crippen molar-refractivity contribution in [3.8, 4) is 0 Å².